The van der Waals surface area contributed by atoms with Crippen LogP contribution in [-0.2, 0) is 19.7 Å². The molecule has 0 aliphatic heterocycles. The molecule has 2 heterocycles. The standard InChI is InChI=1S/C16H19N9O/c17-8-11-2-4-12(5-3-11)9-26-15-13-14(22-16(18)23-15)25(10-20-13)7-1-6-21-24-19/h2-5,10H,1,6-9,17H2,(H2,18,22,23). The highest BCUT2D eigenvalue weighted by Gasteiger charge is 2.13. The van der Waals surface area contributed by atoms with Crippen molar-refractivity contribution >= 4 is 17.1 Å². The number of nitrogen functional groups attached to an aromatic ring is 1. The lowest BCUT2D eigenvalue weighted by molar-refractivity contribution is 0.297. The van der Waals surface area contributed by atoms with Crippen LogP contribution in [0.5, 0.6) is 5.88 Å². The van der Waals surface area contributed by atoms with Gasteiger partial charge < -0.3 is 20.8 Å². The van der Waals surface area contributed by atoms with Crippen molar-refractivity contribution in [1.29, 1.82) is 0 Å². The van der Waals surface area contributed by atoms with Crippen LogP contribution in [0.1, 0.15) is 17.5 Å². The lowest BCUT2D eigenvalue weighted by Crippen LogP contribution is -2.05. The molecule has 134 valence electrons. The summed E-state index contributed by atoms with van der Waals surface area (Å²) < 4.78 is 7.65. The van der Waals surface area contributed by atoms with Gasteiger partial charge in [-0.3, -0.25) is 0 Å². The second kappa shape index (κ2) is 8.15. The zero-order chi connectivity index (χ0) is 18.4. The van der Waals surface area contributed by atoms with Crippen LogP contribution in [0.4, 0.5) is 5.95 Å². The molecule has 10 heteroatoms. The van der Waals surface area contributed by atoms with Crippen LogP contribution in [0, 0.1) is 0 Å². The molecule has 0 unspecified atom stereocenters. The maximum atomic E-state index is 8.33. The van der Waals surface area contributed by atoms with Crippen LogP contribution in [0.25, 0.3) is 21.6 Å². The molecule has 3 rings (SSSR count). The van der Waals surface area contributed by atoms with E-state index in [1.54, 1.807) is 6.33 Å². The van der Waals surface area contributed by atoms with E-state index in [2.05, 4.69) is 25.0 Å². The molecule has 1 aromatic carbocycles. The molecule has 2 aromatic heterocycles. The second-order valence-electron chi connectivity index (χ2n) is 5.61. The smallest absolute Gasteiger partial charge is 0.247 e. The van der Waals surface area contributed by atoms with Crippen LogP contribution >= 0.6 is 0 Å². The van der Waals surface area contributed by atoms with Crippen LogP contribution in [0.15, 0.2) is 35.7 Å². The van der Waals surface area contributed by atoms with Gasteiger partial charge in [0.25, 0.3) is 0 Å². The Kier molecular flexibility index (Phi) is 5.47. The third-order valence-corrected chi connectivity index (χ3v) is 3.80. The average Bonchev–Trinajstić information content (AvgIpc) is 3.06. The summed E-state index contributed by atoms with van der Waals surface area (Å²) in [6.45, 7) is 1.84. The Labute approximate surface area is 149 Å². The fourth-order valence-corrected chi connectivity index (χ4v) is 2.48. The molecular weight excluding hydrogens is 334 g/mol. The lowest BCUT2D eigenvalue weighted by atomic mass is 10.1. The molecule has 4 N–H and O–H groups in total. The zero-order valence-electron chi connectivity index (χ0n) is 14.1. The van der Waals surface area contributed by atoms with Gasteiger partial charge in [0.1, 0.15) is 6.61 Å². The molecule has 10 nitrogen and oxygen atoms in total. The van der Waals surface area contributed by atoms with Crippen molar-refractivity contribution in [1.82, 2.24) is 19.5 Å². The molecular formula is C16H19N9O. The fourth-order valence-electron chi connectivity index (χ4n) is 2.48. The third kappa shape index (κ3) is 4.00. The first-order valence-corrected chi connectivity index (χ1v) is 8.11. The summed E-state index contributed by atoms with van der Waals surface area (Å²) in [6.07, 6.45) is 2.32. The average molecular weight is 353 g/mol. The molecule has 3 aromatic rings. The number of nitrogens with two attached hydrogens (primary N) is 2. The van der Waals surface area contributed by atoms with Gasteiger partial charge >= 0.3 is 0 Å². The number of imidazole rings is 1. The van der Waals surface area contributed by atoms with Gasteiger partial charge in [0.05, 0.1) is 6.33 Å². The first-order chi connectivity index (χ1) is 12.7. The summed E-state index contributed by atoms with van der Waals surface area (Å²) >= 11 is 0. The summed E-state index contributed by atoms with van der Waals surface area (Å²) in [5.74, 6) is 0.451. The molecule has 0 saturated heterocycles. The van der Waals surface area contributed by atoms with E-state index < -0.39 is 0 Å². The molecule has 0 aliphatic rings. The molecule has 26 heavy (non-hydrogen) atoms. The first-order valence-electron chi connectivity index (χ1n) is 8.11. The highest BCUT2D eigenvalue weighted by molar-refractivity contribution is 5.77. The van der Waals surface area contributed by atoms with Crippen molar-refractivity contribution in [2.24, 2.45) is 10.8 Å². The summed E-state index contributed by atoms with van der Waals surface area (Å²) in [5.41, 5.74) is 22.9. The number of hydrogen-bond acceptors (Lipinski definition) is 7. The molecule has 0 fully saturated rings. The van der Waals surface area contributed by atoms with Crippen LogP contribution in [-0.4, -0.2) is 26.1 Å². The van der Waals surface area contributed by atoms with Gasteiger partial charge in [0, 0.05) is 24.5 Å². The van der Waals surface area contributed by atoms with Crippen LogP contribution < -0.4 is 16.2 Å². The normalized spacial score (nSPS) is 10.7. The quantitative estimate of drug-likeness (QED) is 0.274. The van der Waals surface area contributed by atoms with Crippen LogP contribution in [0.3, 0.4) is 0 Å². The predicted octanol–water partition coefficient (Wildman–Crippen LogP) is 2.15. The number of hydrogen-bond donors (Lipinski definition) is 2. The van der Waals surface area contributed by atoms with Crippen LogP contribution in [0.2, 0.25) is 0 Å². The molecule has 0 bridgehead atoms. The Morgan fingerprint density at radius 2 is 1.96 bits per heavy atom. The van der Waals surface area contributed by atoms with Crippen molar-refractivity contribution in [3.05, 3.63) is 52.2 Å². The number of benzene rings is 1. The number of fused-ring (bicyclic) bond motifs is 1. The van der Waals surface area contributed by atoms with E-state index in [0.29, 0.717) is 49.7 Å². The van der Waals surface area contributed by atoms with Gasteiger partial charge in [-0.05, 0) is 23.1 Å². The van der Waals surface area contributed by atoms with Crippen molar-refractivity contribution < 1.29 is 4.74 Å². The maximum absolute atomic E-state index is 8.33. The largest absolute Gasteiger partial charge is 0.471 e. The van der Waals surface area contributed by atoms with Gasteiger partial charge in [-0.15, -0.1) is 0 Å². The number of ether oxygens (including phenoxy) is 1. The Hall–Kier alpha value is -3.36. The topological polar surface area (TPSA) is 154 Å². The lowest BCUT2D eigenvalue weighted by Gasteiger charge is -2.08. The van der Waals surface area contributed by atoms with E-state index in [9.17, 15) is 0 Å². The minimum Gasteiger partial charge on any atom is -0.471 e. The van der Waals surface area contributed by atoms with Crippen molar-refractivity contribution in [2.45, 2.75) is 26.1 Å². The van der Waals surface area contributed by atoms with Gasteiger partial charge in [-0.1, -0.05) is 29.4 Å². The third-order valence-electron chi connectivity index (χ3n) is 3.80. The van der Waals surface area contributed by atoms with E-state index in [0.717, 1.165) is 11.1 Å². The maximum Gasteiger partial charge on any atom is 0.247 e. The summed E-state index contributed by atoms with van der Waals surface area (Å²) in [6, 6.07) is 7.83. The highest BCUT2D eigenvalue weighted by Crippen LogP contribution is 2.23. The van der Waals surface area contributed by atoms with Gasteiger partial charge in [-0.25, -0.2) is 4.98 Å². The summed E-state index contributed by atoms with van der Waals surface area (Å²) in [4.78, 5) is 15.5. The summed E-state index contributed by atoms with van der Waals surface area (Å²) in [5, 5.41) is 3.52. The van der Waals surface area contributed by atoms with Gasteiger partial charge in [0.2, 0.25) is 11.8 Å². The molecule has 0 spiro atoms. The minimum atomic E-state index is 0.114. The number of nitrogens with zero attached hydrogens (tertiary/aromatic N) is 7. The molecule has 0 radical (unpaired) electrons. The monoisotopic (exact) mass is 353 g/mol. The minimum absolute atomic E-state index is 0.114. The van der Waals surface area contributed by atoms with Crippen molar-refractivity contribution in [3.63, 3.8) is 0 Å². The highest BCUT2D eigenvalue weighted by atomic mass is 16.5. The predicted molar refractivity (Wildman–Crippen MR) is 97.0 cm³/mol. The molecule has 0 aliphatic carbocycles. The van der Waals surface area contributed by atoms with E-state index in [4.69, 9.17) is 21.7 Å². The van der Waals surface area contributed by atoms with E-state index in [1.165, 1.54) is 0 Å². The van der Waals surface area contributed by atoms with Gasteiger partial charge in [-0.2, -0.15) is 9.97 Å². The Morgan fingerprint density at radius 1 is 1.19 bits per heavy atom. The molecule has 0 atom stereocenters. The number of aryl methyl sites for hydroxylation is 1. The Bertz CT molecular complexity index is 929. The van der Waals surface area contributed by atoms with Gasteiger partial charge in [0.15, 0.2) is 11.2 Å². The zero-order valence-corrected chi connectivity index (χ0v) is 14.1. The number of aromatic nitrogens is 4. The molecule has 0 amide bonds. The SMILES string of the molecule is [N-]=[N+]=NCCCn1cnc2c(OCc3ccc(CN)cc3)nc(N)nc21. The molecule has 0 saturated carbocycles. The van der Waals surface area contributed by atoms with Crippen molar-refractivity contribution in [2.75, 3.05) is 12.3 Å². The van der Waals surface area contributed by atoms with E-state index >= 15 is 0 Å². The summed E-state index contributed by atoms with van der Waals surface area (Å²) in [7, 11) is 0. The number of rotatable bonds is 8. The van der Waals surface area contributed by atoms with E-state index in [1.807, 2.05) is 28.8 Å². The second-order valence-corrected chi connectivity index (χ2v) is 5.61. The fraction of sp³-hybridized carbons (Fsp3) is 0.312. The Balaban J connectivity index is 1.77. The first kappa shape index (κ1) is 17.5. The number of anilines is 1. The van der Waals surface area contributed by atoms with Crippen molar-refractivity contribution in [3.8, 4) is 5.88 Å². The van der Waals surface area contributed by atoms with E-state index in [-0.39, 0.29) is 5.95 Å². The Morgan fingerprint density at radius 3 is 2.69 bits per heavy atom. The number of azide groups is 1.